The number of aromatic nitrogens is 1. The predicted molar refractivity (Wildman–Crippen MR) is 59.1 cm³/mol. The highest BCUT2D eigenvalue weighted by Crippen LogP contribution is 2.23. The van der Waals surface area contributed by atoms with Crippen molar-refractivity contribution in [2.45, 2.75) is 25.2 Å². The van der Waals surface area contributed by atoms with Crippen molar-refractivity contribution in [2.24, 2.45) is 0 Å². The molecule has 2 amide bonds. The molecule has 1 aromatic rings. The molecule has 0 aliphatic carbocycles. The summed E-state index contributed by atoms with van der Waals surface area (Å²) in [6.07, 6.45) is 1.82. The second-order valence-corrected chi connectivity index (χ2v) is 3.93. The van der Waals surface area contributed by atoms with Gasteiger partial charge in [0, 0.05) is 18.5 Å². The van der Waals surface area contributed by atoms with Crippen LogP contribution in [0.15, 0.2) is 18.2 Å². The van der Waals surface area contributed by atoms with Gasteiger partial charge in [0.05, 0.1) is 11.6 Å². The lowest BCUT2D eigenvalue weighted by Gasteiger charge is -2.20. The van der Waals surface area contributed by atoms with E-state index in [4.69, 9.17) is 0 Å². The van der Waals surface area contributed by atoms with Crippen molar-refractivity contribution in [2.75, 3.05) is 0 Å². The van der Waals surface area contributed by atoms with Crippen LogP contribution < -0.4 is 5.32 Å². The number of hydrogen-bond acceptors (Lipinski definition) is 4. The summed E-state index contributed by atoms with van der Waals surface area (Å²) < 4.78 is 0. The number of carbonyl (C=O) groups excluding carboxylic acids is 3. The number of rotatable bonds is 3. The van der Waals surface area contributed by atoms with Crippen LogP contribution in [0.3, 0.4) is 0 Å². The molecule has 1 aromatic heterocycles. The van der Waals surface area contributed by atoms with E-state index in [1.807, 2.05) is 0 Å². The van der Waals surface area contributed by atoms with Crippen LogP contribution in [0, 0.1) is 0 Å². The Morgan fingerprint density at radius 1 is 1.41 bits per heavy atom. The quantitative estimate of drug-likeness (QED) is 0.602. The zero-order chi connectivity index (χ0) is 12.3. The number of carbonyl (C=O) groups is 3. The van der Waals surface area contributed by atoms with E-state index in [-0.39, 0.29) is 24.2 Å². The van der Waals surface area contributed by atoms with Gasteiger partial charge in [0.2, 0.25) is 11.8 Å². The first kappa shape index (κ1) is 11.4. The summed E-state index contributed by atoms with van der Waals surface area (Å²) in [5, 5.41) is 2.29. The van der Waals surface area contributed by atoms with Crippen LogP contribution in [-0.2, 0) is 20.8 Å². The first-order valence-corrected chi connectivity index (χ1v) is 5.44. The Morgan fingerprint density at radius 3 is 2.94 bits per heavy atom. The molecule has 0 radical (unpaired) electrons. The molecule has 1 atom stereocenters. The maximum atomic E-state index is 11.6. The van der Waals surface area contributed by atoms with E-state index in [2.05, 4.69) is 10.3 Å². The van der Waals surface area contributed by atoms with Crippen molar-refractivity contribution in [3.63, 3.8) is 0 Å². The predicted octanol–water partition coefficient (Wildman–Crippen LogP) is 0.343. The highest BCUT2D eigenvalue weighted by molar-refractivity contribution is 6.00. The number of hydrogen-bond donors (Lipinski definition) is 1. The number of nitrogens with zero attached hydrogens (tertiary/aromatic N) is 1. The van der Waals surface area contributed by atoms with Crippen molar-refractivity contribution >= 4 is 18.1 Å². The maximum Gasteiger partial charge on any atom is 0.235 e. The Labute approximate surface area is 98.2 Å². The summed E-state index contributed by atoms with van der Waals surface area (Å²) in [6, 6.07) is 5.25. The van der Waals surface area contributed by atoms with Crippen LogP contribution in [0.5, 0.6) is 0 Å². The Kier molecular flexibility index (Phi) is 3.27. The molecule has 2 heterocycles. The van der Waals surface area contributed by atoms with E-state index in [1.165, 1.54) is 0 Å². The van der Waals surface area contributed by atoms with Gasteiger partial charge in [-0.25, -0.2) is 0 Å². The minimum absolute atomic E-state index is 0.237. The van der Waals surface area contributed by atoms with Gasteiger partial charge in [-0.15, -0.1) is 0 Å². The van der Waals surface area contributed by atoms with Crippen molar-refractivity contribution < 1.29 is 14.4 Å². The molecule has 1 unspecified atom stereocenters. The monoisotopic (exact) mass is 232 g/mol. The zero-order valence-electron chi connectivity index (χ0n) is 9.18. The van der Waals surface area contributed by atoms with Gasteiger partial charge in [-0.1, -0.05) is 6.07 Å². The van der Waals surface area contributed by atoms with Crippen LogP contribution in [0.2, 0.25) is 0 Å². The summed E-state index contributed by atoms with van der Waals surface area (Å²) >= 11 is 0. The molecule has 1 aliphatic heterocycles. The molecule has 17 heavy (non-hydrogen) atoms. The fourth-order valence-corrected chi connectivity index (χ4v) is 1.87. The minimum atomic E-state index is -0.390. The number of aldehydes is 1. The molecular weight excluding hydrogens is 220 g/mol. The molecule has 5 nitrogen and oxygen atoms in total. The van der Waals surface area contributed by atoms with Crippen LogP contribution in [0.25, 0.3) is 0 Å². The van der Waals surface area contributed by atoms with Gasteiger partial charge in [-0.3, -0.25) is 19.9 Å². The van der Waals surface area contributed by atoms with Crippen molar-refractivity contribution in [1.29, 1.82) is 0 Å². The third-order valence-corrected chi connectivity index (χ3v) is 2.72. The summed E-state index contributed by atoms with van der Waals surface area (Å²) in [5.74, 6) is -0.938. The Morgan fingerprint density at radius 2 is 2.24 bits per heavy atom. The third kappa shape index (κ3) is 2.55. The molecule has 1 N–H and O–H groups in total. The topological polar surface area (TPSA) is 76.1 Å². The van der Waals surface area contributed by atoms with Crippen molar-refractivity contribution in [3.8, 4) is 0 Å². The molecule has 0 spiro atoms. The van der Waals surface area contributed by atoms with Crippen LogP contribution in [0.4, 0.5) is 0 Å². The van der Waals surface area contributed by atoms with Crippen molar-refractivity contribution in [1.82, 2.24) is 10.3 Å². The fraction of sp³-hybridized carbons (Fsp3) is 0.333. The summed E-state index contributed by atoms with van der Waals surface area (Å²) in [7, 11) is 0. The highest BCUT2D eigenvalue weighted by atomic mass is 16.2. The van der Waals surface area contributed by atoms with Gasteiger partial charge < -0.3 is 4.79 Å². The minimum Gasteiger partial charge on any atom is -0.303 e. The van der Waals surface area contributed by atoms with E-state index < -0.39 is 0 Å². The second-order valence-electron chi connectivity index (χ2n) is 3.93. The second kappa shape index (κ2) is 4.86. The largest absolute Gasteiger partial charge is 0.303 e. The molecule has 2 rings (SSSR count). The number of nitrogens with one attached hydrogen (secondary N) is 1. The summed E-state index contributed by atoms with van der Waals surface area (Å²) in [4.78, 5) is 37.3. The molecule has 1 aliphatic rings. The Hall–Kier alpha value is -2.04. The molecule has 0 saturated carbocycles. The molecule has 0 bridgehead atoms. The highest BCUT2D eigenvalue weighted by Gasteiger charge is 2.28. The zero-order valence-corrected chi connectivity index (χ0v) is 9.18. The van der Waals surface area contributed by atoms with Gasteiger partial charge in [-0.05, 0) is 18.6 Å². The maximum absolute atomic E-state index is 11.6. The van der Waals surface area contributed by atoms with Gasteiger partial charge in [0.1, 0.15) is 6.29 Å². The van der Waals surface area contributed by atoms with E-state index in [0.717, 1.165) is 6.29 Å². The molecule has 1 saturated heterocycles. The summed E-state index contributed by atoms with van der Waals surface area (Å²) in [6.45, 7) is 0. The van der Waals surface area contributed by atoms with E-state index >= 15 is 0 Å². The average molecular weight is 232 g/mol. The molecule has 88 valence electrons. The SMILES string of the molecule is O=CCc1cccc(C2CCC(=O)NC2=O)n1. The van der Waals surface area contributed by atoms with Gasteiger partial charge in [-0.2, -0.15) is 0 Å². The Balaban J connectivity index is 2.21. The number of imide groups is 1. The van der Waals surface area contributed by atoms with Crippen LogP contribution >= 0.6 is 0 Å². The first-order chi connectivity index (χ1) is 8.20. The number of amides is 2. The lowest BCUT2D eigenvalue weighted by atomic mass is 9.94. The van der Waals surface area contributed by atoms with Gasteiger partial charge >= 0.3 is 0 Å². The Bertz CT molecular complexity index is 471. The molecule has 5 heteroatoms. The number of pyridine rings is 1. The van der Waals surface area contributed by atoms with Gasteiger partial charge in [0.15, 0.2) is 0 Å². The van der Waals surface area contributed by atoms with Crippen LogP contribution in [0.1, 0.15) is 30.1 Å². The van der Waals surface area contributed by atoms with Crippen molar-refractivity contribution in [3.05, 3.63) is 29.6 Å². The normalized spacial score (nSPS) is 19.9. The standard InChI is InChI=1S/C12H12N2O3/c15-7-6-8-2-1-3-10(13-8)9-4-5-11(16)14-12(9)17/h1-3,7,9H,4-6H2,(H,14,16,17). The fourth-order valence-electron chi connectivity index (χ4n) is 1.87. The number of piperidine rings is 1. The molecular formula is C12H12N2O3. The third-order valence-electron chi connectivity index (χ3n) is 2.72. The lowest BCUT2D eigenvalue weighted by Crippen LogP contribution is -2.39. The molecule has 0 aromatic carbocycles. The summed E-state index contributed by atoms with van der Waals surface area (Å²) in [5.41, 5.74) is 1.26. The smallest absolute Gasteiger partial charge is 0.235 e. The van der Waals surface area contributed by atoms with E-state index in [0.29, 0.717) is 24.2 Å². The van der Waals surface area contributed by atoms with E-state index in [9.17, 15) is 14.4 Å². The van der Waals surface area contributed by atoms with Crippen LogP contribution in [-0.4, -0.2) is 23.1 Å². The average Bonchev–Trinajstić information content (AvgIpc) is 2.29. The van der Waals surface area contributed by atoms with Gasteiger partial charge in [0.25, 0.3) is 0 Å². The van der Waals surface area contributed by atoms with E-state index in [1.54, 1.807) is 18.2 Å². The lowest BCUT2D eigenvalue weighted by molar-refractivity contribution is -0.134. The first-order valence-electron chi connectivity index (χ1n) is 5.44. The molecule has 1 fully saturated rings.